The molecule has 4 rings (SSSR count). The van der Waals surface area contributed by atoms with Gasteiger partial charge in [-0.05, 0) is 31.2 Å². The van der Waals surface area contributed by atoms with Crippen LogP contribution in [0.2, 0.25) is 5.02 Å². The normalized spacial score (nSPS) is 23.2. The Bertz CT molecular complexity index is 714. The summed E-state index contributed by atoms with van der Waals surface area (Å²) < 4.78 is 0. The summed E-state index contributed by atoms with van der Waals surface area (Å²) >= 11 is 6.09. The lowest BCUT2D eigenvalue weighted by Crippen LogP contribution is -2.50. The number of halogens is 1. The van der Waals surface area contributed by atoms with Crippen LogP contribution in [0.5, 0.6) is 0 Å². The van der Waals surface area contributed by atoms with Gasteiger partial charge in [-0.3, -0.25) is 4.90 Å². The molecule has 2 fully saturated rings. The molecule has 1 aromatic heterocycles. The van der Waals surface area contributed by atoms with E-state index in [-0.39, 0.29) is 0 Å². The molecule has 0 saturated carbocycles. The van der Waals surface area contributed by atoms with Gasteiger partial charge in [-0.15, -0.1) is 0 Å². The van der Waals surface area contributed by atoms with Gasteiger partial charge < -0.3 is 9.80 Å². The zero-order valence-electron chi connectivity index (χ0n) is 14.2. The Kier molecular flexibility index (Phi) is 4.57. The van der Waals surface area contributed by atoms with Crippen LogP contribution in [-0.2, 0) is 0 Å². The summed E-state index contributed by atoms with van der Waals surface area (Å²) in [6.45, 7) is 10.3. The van der Waals surface area contributed by atoms with E-state index in [1.807, 2.05) is 18.2 Å². The lowest BCUT2D eigenvalue weighted by molar-refractivity contribution is 0.107. The number of fused-ring (bicyclic) bond motifs is 1. The van der Waals surface area contributed by atoms with Crippen LogP contribution in [0, 0.1) is 0 Å². The molecule has 3 heterocycles. The van der Waals surface area contributed by atoms with E-state index in [2.05, 4.69) is 31.6 Å². The first-order valence-electron chi connectivity index (χ1n) is 8.86. The number of piperazine rings is 1. The molecule has 0 aliphatic carbocycles. The van der Waals surface area contributed by atoms with E-state index < -0.39 is 0 Å². The lowest BCUT2D eigenvalue weighted by atomic mass is 10.2. The number of aromatic nitrogens is 2. The van der Waals surface area contributed by atoms with E-state index in [1.165, 1.54) is 39.1 Å². The number of rotatable bonds is 3. The minimum atomic E-state index is 0.640. The van der Waals surface area contributed by atoms with Gasteiger partial charge in [0.2, 0.25) is 0 Å². The van der Waals surface area contributed by atoms with Gasteiger partial charge in [0.05, 0.1) is 5.52 Å². The lowest BCUT2D eigenvalue weighted by Gasteiger charge is -2.37. The van der Waals surface area contributed by atoms with Crippen molar-refractivity contribution < 1.29 is 0 Å². The molecule has 128 valence electrons. The van der Waals surface area contributed by atoms with Crippen molar-refractivity contribution in [1.82, 2.24) is 19.8 Å². The molecule has 1 unspecified atom stereocenters. The summed E-state index contributed by atoms with van der Waals surface area (Å²) in [5, 5.41) is 1.82. The first-order chi connectivity index (χ1) is 11.7. The minimum Gasteiger partial charge on any atom is -0.354 e. The molecule has 2 saturated heterocycles. The van der Waals surface area contributed by atoms with Gasteiger partial charge >= 0.3 is 0 Å². The Morgan fingerprint density at radius 3 is 2.75 bits per heavy atom. The van der Waals surface area contributed by atoms with Crippen LogP contribution in [0.3, 0.4) is 0 Å². The van der Waals surface area contributed by atoms with Gasteiger partial charge in [-0.1, -0.05) is 18.5 Å². The van der Waals surface area contributed by atoms with Crippen molar-refractivity contribution in [2.24, 2.45) is 0 Å². The zero-order valence-corrected chi connectivity index (χ0v) is 14.9. The van der Waals surface area contributed by atoms with Crippen LogP contribution in [-0.4, -0.2) is 71.6 Å². The quantitative estimate of drug-likeness (QED) is 0.854. The highest BCUT2D eigenvalue weighted by atomic mass is 35.5. The second-order valence-electron chi connectivity index (χ2n) is 6.72. The molecule has 2 aliphatic heterocycles. The van der Waals surface area contributed by atoms with E-state index >= 15 is 0 Å². The monoisotopic (exact) mass is 345 g/mol. The molecule has 24 heavy (non-hydrogen) atoms. The number of hydrogen-bond acceptors (Lipinski definition) is 5. The Balaban J connectivity index is 1.49. The standard InChI is InChI=1S/C18H24ClN5/c1-2-22-7-9-23(10-8-22)15-5-6-24(12-15)18-16-4-3-14(19)11-17(16)20-13-21-18/h3-4,11,13,15H,2,5-10,12H2,1H3. The molecule has 0 spiro atoms. The molecule has 0 bridgehead atoms. The molecule has 0 radical (unpaired) electrons. The predicted octanol–water partition coefficient (Wildman–Crippen LogP) is 2.50. The Morgan fingerprint density at radius 2 is 1.96 bits per heavy atom. The topological polar surface area (TPSA) is 35.5 Å². The van der Waals surface area contributed by atoms with E-state index in [4.69, 9.17) is 11.6 Å². The Morgan fingerprint density at radius 1 is 1.12 bits per heavy atom. The molecule has 6 heteroatoms. The highest BCUT2D eigenvalue weighted by Crippen LogP contribution is 2.29. The Labute approximate surface area is 148 Å². The van der Waals surface area contributed by atoms with Crippen LogP contribution in [0.1, 0.15) is 13.3 Å². The molecular weight excluding hydrogens is 322 g/mol. The van der Waals surface area contributed by atoms with Crippen molar-refractivity contribution in [2.45, 2.75) is 19.4 Å². The van der Waals surface area contributed by atoms with Gasteiger partial charge in [0, 0.05) is 55.7 Å². The highest BCUT2D eigenvalue weighted by molar-refractivity contribution is 6.31. The van der Waals surface area contributed by atoms with Crippen molar-refractivity contribution in [3.8, 4) is 0 Å². The third-order valence-corrected chi connectivity index (χ3v) is 5.65. The molecule has 5 nitrogen and oxygen atoms in total. The second-order valence-corrected chi connectivity index (χ2v) is 7.15. The number of benzene rings is 1. The molecule has 0 N–H and O–H groups in total. The minimum absolute atomic E-state index is 0.640. The van der Waals surface area contributed by atoms with Crippen molar-refractivity contribution in [2.75, 3.05) is 50.7 Å². The average molecular weight is 346 g/mol. The van der Waals surface area contributed by atoms with Crippen LogP contribution in [0.25, 0.3) is 10.9 Å². The molecular formula is C18H24ClN5. The van der Waals surface area contributed by atoms with Crippen molar-refractivity contribution in [3.63, 3.8) is 0 Å². The molecule has 2 aliphatic rings. The number of nitrogens with zero attached hydrogens (tertiary/aromatic N) is 5. The molecule has 1 aromatic carbocycles. The van der Waals surface area contributed by atoms with Gasteiger partial charge in [-0.25, -0.2) is 9.97 Å². The van der Waals surface area contributed by atoms with Gasteiger partial charge in [-0.2, -0.15) is 0 Å². The fourth-order valence-electron chi connectivity index (χ4n) is 3.94. The summed E-state index contributed by atoms with van der Waals surface area (Å²) in [5.41, 5.74) is 0.924. The maximum Gasteiger partial charge on any atom is 0.139 e. The summed E-state index contributed by atoms with van der Waals surface area (Å²) in [6.07, 6.45) is 2.87. The third-order valence-electron chi connectivity index (χ3n) is 5.41. The van der Waals surface area contributed by atoms with E-state index in [0.717, 1.165) is 34.8 Å². The van der Waals surface area contributed by atoms with Gasteiger partial charge in [0.25, 0.3) is 0 Å². The van der Waals surface area contributed by atoms with Crippen LogP contribution in [0.15, 0.2) is 24.5 Å². The zero-order chi connectivity index (χ0) is 16.5. The SMILES string of the molecule is CCN1CCN(C2CCN(c3ncnc4cc(Cl)ccc34)C2)CC1. The average Bonchev–Trinajstić information content (AvgIpc) is 3.11. The summed E-state index contributed by atoms with van der Waals surface area (Å²) in [5.74, 6) is 1.05. The van der Waals surface area contributed by atoms with E-state index in [1.54, 1.807) is 6.33 Å². The fourth-order valence-corrected chi connectivity index (χ4v) is 4.11. The van der Waals surface area contributed by atoms with Crippen molar-refractivity contribution in [3.05, 3.63) is 29.5 Å². The summed E-state index contributed by atoms with van der Waals surface area (Å²) in [6, 6.07) is 6.52. The largest absolute Gasteiger partial charge is 0.354 e. The molecule has 1 atom stereocenters. The van der Waals surface area contributed by atoms with Crippen LogP contribution in [0.4, 0.5) is 5.82 Å². The van der Waals surface area contributed by atoms with Crippen molar-refractivity contribution in [1.29, 1.82) is 0 Å². The van der Waals surface area contributed by atoms with E-state index in [9.17, 15) is 0 Å². The first-order valence-corrected chi connectivity index (χ1v) is 9.24. The second kappa shape index (κ2) is 6.82. The number of hydrogen-bond donors (Lipinski definition) is 0. The predicted molar refractivity (Wildman–Crippen MR) is 98.9 cm³/mol. The van der Waals surface area contributed by atoms with Gasteiger partial charge in [0.15, 0.2) is 0 Å². The highest BCUT2D eigenvalue weighted by Gasteiger charge is 2.30. The van der Waals surface area contributed by atoms with Gasteiger partial charge in [0.1, 0.15) is 12.1 Å². The van der Waals surface area contributed by atoms with Crippen LogP contribution >= 0.6 is 11.6 Å². The number of anilines is 1. The Hall–Kier alpha value is -1.43. The summed E-state index contributed by atoms with van der Waals surface area (Å²) in [7, 11) is 0. The van der Waals surface area contributed by atoms with Crippen LogP contribution < -0.4 is 4.90 Å². The fraction of sp³-hybridized carbons (Fsp3) is 0.556. The molecule has 0 amide bonds. The third kappa shape index (κ3) is 3.08. The maximum absolute atomic E-state index is 6.09. The van der Waals surface area contributed by atoms with E-state index in [0.29, 0.717) is 6.04 Å². The first kappa shape index (κ1) is 16.1. The molecule has 2 aromatic rings. The summed E-state index contributed by atoms with van der Waals surface area (Å²) in [4.78, 5) is 16.5. The maximum atomic E-state index is 6.09. The number of likely N-dealkylation sites (N-methyl/N-ethyl adjacent to an activating group) is 1. The van der Waals surface area contributed by atoms with Crippen molar-refractivity contribution >= 4 is 28.3 Å². The smallest absolute Gasteiger partial charge is 0.139 e.